The number of carbonyl (C=O) groups excluding carboxylic acids is 2. The van der Waals surface area contributed by atoms with Gasteiger partial charge in [0, 0.05) is 31.7 Å². The van der Waals surface area contributed by atoms with E-state index in [0.717, 1.165) is 30.8 Å². The van der Waals surface area contributed by atoms with Gasteiger partial charge in [0.15, 0.2) is 11.5 Å². The lowest BCUT2D eigenvalue weighted by Crippen LogP contribution is -2.38. The molecule has 0 aliphatic carbocycles. The van der Waals surface area contributed by atoms with Gasteiger partial charge in [0.1, 0.15) is 18.1 Å². The van der Waals surface area contributed by atoms with Crippen molar-refractivity contribution in [2.45, 2.75) is 32.9 Å². The fourth-order valence-corrected chi connectivity index (χ4v) is 5.57. The second-order valence-corrected chi connectivity index (χ2v) is 10.7. The molecule has 0 saturated carbocycles. The number of carbonyl (C=O) groups is 2. The van der Waals surface area contributed by atoms with Crippen molar-refractivity contribution >= 4 is 17.4 Å². The van der Waals surface area contributed by atoms with E-state index >= 15 is 0 Å². The second-order valence-electron chi connectivity index (χ2n) is 10.7. The lowest BCUT2D eigenvalue weighted by Gasteiger charge is -2.29. The smallest absolute Gasteiger partial charge is 0.295 e. The molecule has 5 rings (SSSR count). The number of aromatic hydroxyl groups is 1. The van der Waals surface area contributed by atoms with Crippen molar-refractivity contribution in [3.63, 3.8) is 0 Å². The number of nitrogens with zero attached hydrogens (tertiary/aromatic N) is 2. The summed E-state index contributed by atoms with van der Waals surface area (Å²) in [5.74, 6) is -0.824. The van der Waals surface area contributed by atoms with Gasteiger partial charge in [-0.25, -0.2) is 0 Å². The van der Waals surface area contributed by atoms with Crippen LogP contribution in [0.15, 0.2) is 72.3 Å². The molecule has 0 unspecified atom stereocenters. The van der Waals surface area contributed by atoms with E-state index in [1.54, 1.807) is 37.3 Å². The lowest BCUT2D eigenvalue weighted by atomic mass is 9.94. The Morgan fingerprint density at radius 3 is 2.44 bits per heavy atom. The normalized spacial score (nSPS) is 18.7. The van der Waals surface area contributed by atoms with Gasteiger partial charge in [-0.1, -0.05) is 36.4 Å². The summed E-state index contributed by atoms with van der Waals surface area (Å²) < 4.78 is 17.0. The Morgan fingerprint density at radius 1 is 0.953 bits per heavy atom. The second kappa shape index (κ2) is 13.8. The van der Waals surface area contributed by atoms with E-state index in [1.165, 1.54) is 11.0 Å². The third kappa shape index (κ3) is 6.84. The summed E-state index contributed by atoms with van der Waals surface area (Å²) in [5, 5.41) is 21.9. The monoisotopic (exact) mass is 586 g/mol. The van der Waals surface area contributed by atoms with Crippen molar-refractivity contribution in [1.82, 2.24) is 9.80 Å². The first kappa shape index (κ1) is 30.1. The number of phenols is 1. The Hall–Kier alpha value is -4.34. The topological polar surface area (TPSA) is 109 Å². The summed E-state index contributed by atoms with van der Waals surface area (Å²) in [4.78, 5) is 30.7. The summed E-state index contributed by atoms with van der Waals surface area (Å²) in [6, 6.07) is 18.9. The molecule has 0 bridgehead atoms. The van der Waals surface area contributed by atoms with Crippen LogP contribution in [0, 0.1) is 6.92 Å². The molecule has 9 heteroatoms. The Labute approximate surface area is 251 Å². The number of aryl methyl sites for hydroxylation is 1. The first-order valence-electron chi connectivity index (χ1n) is 14.7. The maximum atomic E-state index is 13.5. The van der Waals surface area contributed by atoms with Gasteiger partial charge >= 0.3 is 0 Å². The number of ether oxygens (including phenoxy) is 3. The molecule has 0 spiro atoms. The number of morpholine rings is 1. The number of aliphatic hydroxyl groups excluding tert-OH is 1. The van der Waals surface area contributed by atoms with E-state index in [0.29, 0.717) is 56.3 Å². The number of phenolic OH excluding ortho intramolecular Hbond substituents is 1. The summed E-state index contributed by atoms with van der Waals surface area (Å²) in [5.41, 5.74) is 2.78. The summed E-state index contributed by atoms with van der Waals surface area (Å²) in [7, 11) is 0. The molecule has 43 heavy (non-hydrogen) atoms. The molecule has 3 aromatic rings. The largest absolute Gasteiger partial charge is 0.507 e. The number of hydrogen-bond donors (Lipinski definition) is 2. The zero-order chi connectivity index (χ0) is 30.3. The number of rotatable bonds is 11. The third-order valence-corrected chi connectivity index (χ3v) is 7.80. The molecule has 2 aliphatic heterocycles. The molecule has 0 radical (unpaired) electrons. The zero-order valence-electron chi connectivity index (χ0n) is 24.6. The molecule has 1 amide bonds. The van der Waals surface area contributed by atoms with Gasteiger partial charge in [-0.15, -0.1) is 0 Å². The first-order valence-corrected chi connectivity index (χ1v) is 14.7. The highest BCUT2D eigenvalue weighted by molar-refractivity contribution is 6.46. The molecule has 2 N–H and O–H groups in total. The minimum absolute atomic E-state index is 0.00173. The Kier molecular flexibility index (Phi) is 9.64. The van der Waals surface area contributed by atoms with Gasteiger partial charge in [-0.2, -0.15) is 0 Å². The maximum Gasteiger partial charge on any atom is 0.295 e. The fourth-order valence-electron chi connectivity index (χ4n) is 5.57. The van der Waals surface area contributed by atoms with Crippen molar-refractivity contribution in [2.24, 2.45) is 0 Å². The number of hydrogen-bond acceptors (Lipinski definition) is 8. The van der Waals surface area contributed by atoms with Crippen LogP contribution in [0.1, 0.15) is 41.6 Å². The van der Waals surface area contributed by atoms with Crippen molar-refractivity contribution in [2.75, 3.05) is 46.0 Å². The van der Waals surface area contributed by atoms with Gasteiger partial charge in [0.25, 0.3) is 11.7 Å². The van der Waals surface area contributed by atoms with Crippen molar-refractivity contribution in [3.05, 3.63) is 94.6 Å². The molecule has 0 aromatic heterocycles. The maximum absolute atomic E-state index is 13.5. The predicted molar refractivity (Wildman–Crippen MR) is 162 cm³/mol. The van der Waals surface area contributed by atoms with Crippen LogP contribution in [-0.2, 0) is 20.9 Å². The average molecular weight is 587 g/mol. The fraction of sp³-hybridized carbons (Fsp3) is 0.353. The van der Waals surface area contributed by atoms with Gasteiger partial charge < -0.3 is 29.3 Å². The highest BCUT2D eigenvalue weighted by atomic mass is 16.5. The predicted octanol–water partition coefficient (Wildman–Crippen LogP) is 4.82. The zero-order valence-corrected chi connectivity index (χ0v) is 24.6. The molecule has 226 valence electrons. The third-order valence-electron chi connectivity index (χ3n) is 7.80. The van der Waals surface area contributed by atoms with Crippen LogP contribution in [0.4, 0.5) is 0 Å². The summed E-state index contributed by atoms with van der Waals surface area (Å²) >= 11 is 0. The number of amides is 1. The molecule has 2 heterocycles. The average Bonchev–Trinajstić information content (AvgIpc) is 3.27. The van der Waals surface area contributed by atoms with E-state index < -0.39 is 17.7 Å². The van der Waals surface area contributed by atoms with Crippen LogP contribution in [-0.4, -0.2) is 77.7 Å². The standard InChI is InChI=1S/C34H38N2O7/c1-3-42-29-21-25(10-12-27(29)37)31-30(33(39)34(40)36(31)15-7-14-35-16-18-41-19-17-35)32(38)26-11-13-28(23(2)20-26)43-22-24-8-5-4-6-9-24/h4-6,8-13,20-21,31,37-38H,3,7,14-19,22H2,1-2H3/b32-30+/t31-/m0/s1. The Bertz CT molecular complexity index is 1480. The quantitative estimate of drug-likeness (QED) is 0.187. The first-order chi connectivity index (χ1) is 20.9. The van der Waals surface area contributed by atoms with Crippen molar-refractivity contribution in [3.8, 4) is 17.2 Å². The van der Waals surface area contributed by atoms with Crippen LogP contribution in [0.25, 0.3) is 5.76 Å². The van der Waals surface area contributed by atoms with Crippen LogP contribution >= 0.6 is 0 Å². The molecule has 2 aliphatic rings. The number of Topliss-reactive ketones (excluding diaryl/α,β-unsaturated/α-hetero) is 1. The van der Waals surface area contributed by atoms with Crippen LogP contribution < -0.4 is 9.47 Å². The minimum Gasteiger partial charge on any atom is -0.507 e. The number of aliphatic hydroxyl groups is 1. The van der Waals surface area contributed by atoms with Crippen LogP contribution in [0.2, 0.25) is 0 Å². The molecule has 2 fully saturated rings. The number of likely N-dealkylation sites (tertiary alicyclic amines) is 1. The molecule has 1 atom stereocenters. The molecule has 3 aromatic carbocycles. The van der Waals surface area contributed by atoms with E-state index in [9.17, 15) is 19.8 Å². The van der Waals surface area contributed by atoms with Gasteiger partial charge in [-0.05, 0) is 67.3 Å². The van der Waals surface area contributed by atoms with Gasteiger partial charge in [0.2, 0.25) is 0 Å². The van der Waals surface area contributed by atoms with E-state index in [2.05, 4.69) is 4.90 Å². The number of benzene rings is 3. The lowest BCUT2D eigenvalue weighted by molar-refractivity contribution is -0.140. The summed E-state index contributed by atoms with van der Waals surface area (Å²) in [6.07, 6.45) is 0.645. The highest BCUT2D eigenvalue weighted by Gasteiger charge is 2.46. The summed E-state index contributed by atoms with van der Waals surface area (Å²) in [6.45, 7) is 8.46. The van der Waals surface area contributed by atoms with Crippen LogP contribution in [0.3, 0.4) is 0 Å². The Morgan fingerprint density at radius 2 is 1.72 bits per heavy atom. The minimum atomic E-state index is -0.848. The SMILES string of the molecule is CCOc1cc([C@H]2/C(=C(\O)c3ccc(OCc4ccccc4)c(C)c3)C(=O)C(=O)N2CCCN2CCOCC2)ccc1O. The highest BCUT2D eigenvalue weighted by Crippen LogP contribution is 2.42. The van der Waals surface area contributed by atoms with Crippen molar-refractivity contribution < 1.29 is 34.0 Å². The van der Waals surface area contributed by atoms with Gasteiger partial charge in [0.05, 0.1) is 31.4 Å². The molecular weight excluding hydrogens is 548 g/mol. The Balaban J connectivity index is 1.46. The van der Waals surface area contributed by atoms with E-state index in [4.69, 9.17) is 14.2 Å². The van der Waals surface area contributed by atoms with E-state index in [1.807, 2.05) is 37.3 Å². The van der Waals surface area contributed by atoms with Crippen molar-refractivity contribution in [1.29, 1.82) is 0 Å². The molecule has 9 nitrogen and oxygen atoms in total. The molecule has 2 saturated heterocycles. The molecular formula is C34H38N2O7. The van der Waals surface area contributed by atoms with Crippen LogP contribution in [0.5, 0.6) is 17.2 Å². The van der Waals surface area contributed by atoms with E-state index in [-0.39, 0.29) is 22.8 Å². The van der Waals surface area contributed by atoms with Gasteiger partial charge in [-0.3, -0.25) is 14.5 Å². The number of ketones is 1.